The van der Waals surface area contributed by atoms with Crippen molar-refractivity contribution in [1.29, 1.82) is 0 Å². The monoisotopic (exact) mass is 385 g/mol. The Hall–Kier alpha value is -2.14. The Balaban J connectivity index is 1.54. The maximum Gasteiger partial charge on any atom is 0.173 e. The van der Waals surface area contributed by atoms with Crippen LogP contribution in [0.2, 0.25) is 0 Å². The van der Waals surface area contributed by atoms with Crippen molar-refractivity contribution in [3.8, 4) is 0 Å². The minimum absolute atomic E-state index is 0.196. The van der Waals surface area contributed by atoms with E-state index in [0.29, 0.717) is 0 Å². The van der Waals surface area contributed by atoms with E-state index in [1.165, 1.54) is 36.1 Å². The summed E-state index contributed by atoms with van der Waals surface area (Å²) >= 11 is 5.64. The van der Waals surface area contributed by atoms with Crippen molar-refractivity contribution in [1.82, 2.24) is 4.90 Å². The molecule has 0 unspecified atom stereocenters. The molecule has 2 aromatic rings. The van der Waals surface area contributed by atoms with E-state index in [1.807, 2.05) is 12.1 Å². The third-order valence-corrected chi connectivity index (χ3v) is 5.47. The molecule has 1 heterocycles. The van der Waals surface area contributed by atoms with Crippen molar-refractivity contribution in [3.63, 3.8) is 0 Å². The minimum atomic E-state index is -0.196. The number of benzene rings is 2. The number of halogens is 1. The number of piperazine rings is 1. The molecule has 27 heavy (non-hydrogen) atoms. The zero-order valence-corrected chi connectivity index (χ0v) is 17.0. The summed E-state index contributed by atoms with van der Waals surface area (Å²) in [4.78, 5) is 4.48. The fourth-order valence-electron chi connectivity index (χ4n) is 3.42. The first kappa shape index (κ1) is 19.6. The number of rotatable bonds is 5. The van der Waals surface area contributed by atoms with Crippen LogP contribution in [0.25, 0.3) is 0 Å². The highest BCUT2D eigenvalue weighted by Gasteiger charge is 2.19. The van der Waals surface area contributed by atoms with E-state index < -0.39 is 0 Å². The number of nitrogens with one attached hydrogen (secondary N) is 1. The predicted octanol–water partition coefficient (Wildman–Crippen LogP) is 5.00. The molecule has 1 fully saturated rings. The molecule has 144 valence electrons. The predicted molar refractivity (Wildman–Crippen MR) is 116 cm³/mol. The van der Waals surface area contributed by atoms with Gasteiger partial charge in [0, 0.05) is 37.6 Å². The average molecular weight is 386 g/mol. The first-order chi connectivity index (χ1) is 13.1. The summed E-state index contributed by atoms with van der Waals surface area (Å²) in [6.07, 6.45) is 3.57. The van der Waals surface area contributed by atoms with Crippen molar-refractivity contribution in [2.45, 2.75) is 33.1 Å². The Morgan fingerprint density at radius 1 is 1.07 bits per heavy atom. The van der Waals surface area contributed by atoms with Crippen LogP contribution in [-0.2, 0) is 6.42 Å². The van der Waals surface area contributed by atoms with Gasteiger partial charge in [-0.2, -0.15) is 0 Å². The Labute approximate surface area is 167 Å². The summed E-state index contributed by atoms with van der Waals surface area (Å²) in [5, 5.41) is 4.19. The second-order valence-electron chi connectivity index (χ2n) is 7.13. The number of aryl methyl sites for hydroxylation is 2. The van der Waals surface area contributed by atoms with E-state index in [0.717, 1.165) is 49.1 Å². The van der Waals surface area contributed by atoms with Gasteiger partial charge in [-0.3, -0.25) is 0 Å². The summed E-state index contributed by atoms with van der Waals surface area (Å²) in [7, 11) is 0. The molecule has 1 aliphatic heterocycles. The second kappa shape index (κ2) is 9.18. The van der Waals surface area contributed by atoms with Gasteiger partial charge in [-0.25, -0.2) is 4.39 Å². The van der Waals surface area contributed by atoms with Gasteiger partial charge in [0.25, 0.3) is 0 Å². The molecule has 5 heteroatoms. The Bertz CT molecular complexity index is 768. The molecule has 0 aromatic heterocycles. The maximum absolute atomic E-state index is 13.1. The summed E-state index contributed by atoms with van der Waals surface area (Å²) in [6.45, 7) is 7.82. The van der Waals surface area contributed by atoms with Crippen molar-refractivity contribution in [2.75, 3.05) is 36.4 Å². The molecule has 0 aliphatic carbocycles. The highest BCUT2D eigenvalue weighted by Crippen LogP contribution is 2.20. The van der Waals surface area contributed by atoms with Crippen LogP contribution in [0.4, 0.5) is 15.8 Å². The molecular formula is C22H28FN3S. The smallest absolute Gasteiger partial charge is 0.173 e. The molecule has 1 saturated heterocycles. The lowest BCUT2D eigenvalue weighted by molar-refractivity contribution is 0.391. The number of anilines is 2. The third-order valence-electron chi connectivity index (χ3n) is 5.11. The highest BCUT2D eigenvalue weighted by atomic mass is 32.1. The molecule has 2 aromatic carbocycles. The fourth-order valence-corrected chi connectivity index (χ4v) is 3.71. The number of hydrogen-bond acceptors (Lipinski definition) is 2. The number of thiocarbonyl (C=S) groups is 1. The van der Waals surface area contributed by atoms with Crippen molar-refractivity contribution < 1.29 is 4.39 Å². The first-order valence-electron chi connectivity index (χ1n) is 9.73. The lowest BCUT2D eigenvalue weighted by Gasteiger charge is -2.37. The minimum Gasteiger partial charge on any atom is -0.368 e. The standard InChI is InChI=1S/C22H28FN3S/c1-3-4-5-18-6-11-21(17(2)16-18)24-22(27)26-14-12-25(13-15-26)20-9-7-19(23)8-10-20/h6-11,16H,3-5,12-15H2,1-2H3,(H,24,27). The molecule has 1 N–H and O–H groups in total. The van der Waals surface area contributed by atoms with Crippen LogP contribution in [-0.4, -0.2) is 36.2 Å². The third kappa shape index (κ3) is 5.19. The van der Waals surface area contributed by atoms with Crippen LogP contribution in [0.5, 0.6) is 0 Å². The molecular weight excluding hydrogens is 357 g/mol. The van der Waals surface area contributed by atoms with E-state index in [4.69, 9.17) is 12.2 Å². The van der Waals surface area contributed by atoms with Crippen LogP contribution in [0, 0.1) is 12.7 Å². The molecule has 0 saturated carbocycles. The Morgan fingerprint density at radius 2 is 1.78 bits per heavy atom. The quantitative estimate of drug-likeness (QED) is 0.730. The van der Waals surface area contributed by atoms with Gasteiger partial charge in [0.15, 0.2) is 5.11 Å². The van der Waals surface area contributed by atoms with Gasteiger partial charge >= 0.3 is 0 Å². The molecule has 3 rings (SSSR count). The van der Waals surface area contributed by atoms with Crippen molar-refractivity contribution in [2.24, 2.45) is 0 Å². The summed E-state index contributed by atoms with van der Waals surface area (Å²) in [5.74, 6) is -0.196. The van der Waals surface area contributed by atoms with E-state index in [2.05, 4.69) is 47.2 Å². The van der Waals surface area contributed by atoms with Crippen molar-refractivity contribution in [3.05, 3.63) is 59.4 Å². The van der Waals surface area contributed by atoms with Gasteiger partial charge in [0.2, 0.25) is 0 Å². The van der Waals surface area contributed by atoms with E-state index in [-0.39, 0.29) is 5.82 Å². The van der Waals surface area contributed by atoms with E-state index >= 15 is 0 Å². The lowest BCUT2D eigenvalue weighted by atomic mass is 10.0. The summed E-state index contributed by atoms with van der Waals surface area (Å²) in [6, 6.07) is 13.3. The first-order valence-corrected chi connectivity index (χ1v) is 10.1. The SMILES string of the molecule is CCCCc1ccc(NC(=S)N2CCN(c3ccc(F)cc3)CC2)c(C)c1. The van der Waals surface area contributed by atoms with Crippen LogP contribution in [0.3, 0.4) is 0 Å². The lowest BCUT2D eigenvalue weighted by Crippen LogP contribution is -2.50. The average Bonchev–Trinajstić information content (AvgIpc) is 2.69. The van der Waals surface area contributed by atoms with Gasteiger partial charge in [-0.15, -0.1) is 0 Å². The molecule has 0 spiro atoms. The Kier molecular flexibility index (Phi) is 6.67. The van der Waals surface area contributed by atoms with Gasteiger partial charge in [0.1, 0.15) is 5.82 Å². The molecule has 0 radical (unpaired) electrons. The normalized spacial score (nSPS) is 14.3. The topological polar surface area (TPSA) is 18.5 Å². The molecule has 0 bridgehead atoms. The molecule has 3 nitrogen and oxygen atoms in total. The van der Waals surface area contributed by atoms with Crippen LogP contribution < -0.4 is 10.2 Å². The second-order valence-corrected chi connectivity index (χ2v) is 7.52. The highest BCUT2D eigenvalue weighted by molar-refractivity contribution is 7.80. The van der Waals surface area contributed by atoms with Crippen molar-refractivity contribution >= 4 is 28.7 Å². The zero-order valence-electron chi connectivity index (χ0n) is 16.2. The molecule has 0 atom stereocenters. The number of hydrogen-bond donors (Lipinski definition) is 1. The van der Waals surface area contributed by atoms with Crippen LogP contribution >= 0.6 is 12.2 Å². The van der Waals surface area contributed by atoms with Gasteiger partial charge in [-0.1, -0.05) is 25.5 Å². The largest absolute Gasteiger partial charge is 0.368 e. The van der Waals surface area contributed by atoms with Gasteiger partial charge < -0.3 is 15.1 Å². The van der Waals surface area contributed by atoms with Crippen LogP contribution in [0.1, 0.15) is 30.9 Å². The van der Waals surface area contributed by atoms with E-state index in [1.54, 1.807) is 0 Å². The fraction of sp³-hybridized carbons (Fsp3) is 0.409. The van der Waals surface area contributed by atoms with Gasteiger partial charge in [0.05, 0.1) is 0 Å². The van der Waals surface area contributed by atoms with E-state index in [9.17, 15) is 4.39 Å². The Morgan fingerprint density at radius 3 is 2.41 bits per heavy atom. The molecule has 1 aliphatic rings. The van der Waals surface area contributed by atoms with Gasteiger partial charge in [-0.05, 0) is 73.4 Å². The van der Waals surface area contributed by atoms with Crippen LogP contribution in [0.15, 0.2) is 42.5 Å². The number of unbranched alkanes of at least 4 members (excludes halogenated alkanes) is 1. The summed E-state index contributed by atoms with van der Waals surface area (Å²) < 4.78 is 13.1. The number of nitrogens with zero attached hydrogens (tertiary/aromatic N) is 2. The maximum atomic E-state index is 13.1. The molecule has 0 amide bonds. The zero-order chi connectivity index (χ0) is 19.2. The summed E-state index contributed by atoms with van der Waals surface area (Å²) in [5.41, 5.74) is 4.77.